The maximum atomic E-state index is 13.3. The van der Waals surface area contributed by atoms with Gasteiger partial charge in [-0.3, -0.25) is 9.20 Å². The summed E-state index contributed by atoms with van der Waals surface area (Å²) >= 11 is 1.63. The molecule has 6 nitrogen and oxygen atoms in total. The van der Waals surface area contributed by atoms with E-state index >= 15 is 0 Å². The molecule has 39 heavy (non-hydrogen) atoms. The zero-order chi connectivity index (χ0) is 26.3. The van der Waals surface area contributed by atoms with Crippen molar-refractivity contribution >= 4 is 32.4 Å². The molecule has 1 saturated carbocycles. The van der Waals surface area contributed by atoms with Gasteiger partial charge in [-0.1, -0.05) is 29.5 Å². The minimum absolute atomic E-state index is 0.0444. The lowest BCUT2D eigenvalue weighted by Crippen LogP contribution is -2.36. The first-order chi connectivity index (χ1) is 19.1. The average molecular weight is 546 g/mol. The molecule has 3 aliphatic rings. The van der Waals surface area contributed by atoms with Crippen molar-refractivity contribution < 1.29 is 9.18 Å². The Morgan fingerprint density at radius 2 is 1.97 bits per heavy atom. The Morgan fingerprint density at radius 3 is 2.77 bits per heavy atom. The van der Waals surface area contributed by atoms with E-state index in [1.807, 2.05) is 18.2 Å². The lowest BCUT2D eigenvalue weighted by atomic mass is 9.95. The van der Waals surface area contributed by atoms with Crippen LogP contribution >= 0.6 is 11.3 Å². The smallest absolute Gasteiger partial charge is 0.251 e. The van der Waals surface area contributed by atoms with E-state index in [-0.39, 0.29) is 5.91 Å². The SMILES string of the molecule is O=C(NCCCN1CCC(F)CC1)c1ccc2c(c1)sc1nc(-c3ccc([C@@H]4CCCN4)cc3C3CC3)cn12. The number of hydrogen-bond acceptors (Lipinski definition) is 5. The predicted octanol–water partition coefficient (Wildman–Crippen LogP) is 6.07. The Balaban J connectivity index is 1.05. The Morgan fingerprint density at radius 1 is 1.10 bits per heavy atom. The van der Waals surface area contributed by atoms with E-state index in [1.165, 1.54) is 42.4 Å². The Kier molecular flexibility index (Phi) is 6.87. The minimum atomic E-state index is -0.645. The second kappa shape index (κ2) is 10.6. The second-order valence-corrected chi connectivity index (χ2v) is 12.5. The summed E-state index contributed by atoms with van der Waals surface area (Å²) in [6, 6.07) is 13.4. The summed E-state index contributed by atoms with van der Waals surface area (Å²) in [5.74, 6) is 0.610. The average Bonchev–Trinajstić information content (AvgIpc) is 3.34. The van der Waals surface area contributed by atoms with Crippen molar-refractivity contribution in [3.8, 4) is 11.3 Å². The highest BCUT2D eigenvalue weighted by Gasteiger charge is 2.29. The molecule has 2 aliphatic heterocycles. The molecule has 4 aromatic rings. The Labute approximate surface area is 232 Å². The molecule has 3 fully saturated rings. The van der Waals surface area contributed by atoms with Crippen LogP contribution in [0.4, 0.5) is 4.39 Å². The van der Waals surface area contributed by atoms with Crippen LogP contribution in [0.2, 0.25) is 0 Å². The van der Waals surface area contributed by atoms with Gasteiger partial charge in [0.2, 0.25) is 0 Å². The molecule has 4 heterocycles. The molecule has 8 heteroatoms. The van der Waals surface area contributed by atoms with Gasteiger partial charge in [0.05, 0.1) is 15.9 Å². The van der Waals surface area contributed by atoms with E-state index in [9.17, 15) is 9.18 Å². The van der Waals surface area contributed by atoms with E-state index in [0.717, 1.165) is 53.5 Å². The summed E-state index contributed by atoms with van der Waals surface area (Å²) in [7, 11) is 0. The number of hydrogen-bond donors (Lipinski definition) is 2. The Bertz CT molecular complexity index is 1490. The van der Waals surface area contributed by atoms with E-state index in [4.69, 9.17) is 4.98 Å². The number of piperidine rings is 1. The molecule has 2 aromatic carbocycles. The van der Waals surface area contributed by atoms with Crippen molar-refractivity contribution in [3.63, 3.8) is 0 Å². The van der Waals surface area contributed by atoms with Gasteiger partial charge < -0.3 is 15.5 Å². The van der Waals surface area contributed by atoms with E-state index < -0.39 is 6.17 Å². The van der Waals surface area contributed by atoms with Crippen LogP contribution in [0, 0.1) is 0 Å². The van der Waals surface area contributed by atoms with Crippen molar-refractivity contribution in [3.05, 3.63) is 59.3 Å². The first-order valence-electron chi connectivity index (χ1n) is 14.6. The fraction of sp³-hybridized carbons (Fsp3) is 0.484. The van der Waals surface area contributed by atoms with Gasteiger partial charge >= 0.3 is 0 Å². The van der Waals surface area contributed by atoms with Crippen molar-refractivity contribution in [2.24, 2.45) is 0 Å². The predicted molar refractivity (Wildman–Crippen MR) is 155 cm³/mol. The maximum absolute atomic E-state index is 13.3. The number of halogens is 1. The van der Waals surface area contributed by atoms with Crippen LogP contribution in [0.1, 0.15) is 78.4 Å². The molecule has 0 radical (unpaired) electrons. The topological polar surface area (TPSA) is 61.7 Å². The number of benzene rings is 2. The number of carbonyl (C=O) groups is 1. The Hall–Kier alpha value is -2.81. The van der Waals surface area contributed by atoms with Gasteiger partial charge in [0.15, 0.2) is 4.96 Å². The highest BCUT2D eigenvalue weighted by molar-refractivity contribution is 7.23. The zero-order valence-corrected chi connectivity index (χ0v) is 23.1. The van der Waals surface area contributed by atoms with Gasteiger partial charge in [-0.2, -0.15) is 0 Å². The van der Waals surface area contributed by atoms with E-state index in [0.29, 0.717) is 36.9 Å². The van der Waals surface area contributed by atoms with E-state index in [1.54, 1.807) is 11.3 Å². The van der Waals surface area contributed by atoms with Crippen LogP contribution in [0.15, 0.2) is 42.6 Å². The number of imidazole rings is 1. The number of fused-ring (bicyclic) bond motifs is 3. The fourth-order valence-corrected chi connectivity index (χ4v) is 7.28. The lowest BCUT2D eigenvalue weighted by molar-refractivity contribution is 0.0950. The summed E-state index contributed by atoms with van der Waals surface area (Å²) in [6.45, 7) is 4.28. The fourth-order valence-electron chi connectivity index (χ4n) is 6.24. The first-order valence-corrected chi connectivity index (χ1v) is 15.4. The number of likely N-dealkylation sites (tertiary alicyclic amines) is 1. The minimum Gasteiger partial charge on any atom is -0.352 e. The number of rotatable bonds is 8. The number of aromatic nitrogens is 2. The molecule has 7 rings (SSSR count). The van der Waals surface area contributed by atoms with Crippen LogP contribution in [-0.4, -0.2) is 59.1 Å². The quantitative estimate of drug-likeness (QED) is 0.264. The summed E-state index contributed by atoms with van der Waals surface area (Å²) in [5, 5.41) is 6.69. The third-order valence-electron chi connectivity index (χ3n) is 8.64. The van der Waals surface area contributed by atoms with Crippen LogP contribution in [0.3, 0.4) is 0 Å². The van der Waals surface area contributed by atoms with Gasteiger partial charge in [0.1, 0.15) is 6.17 Å². The largest absolute Gasteiger partial charge is 0.352 e. The molecule has 1 aliphatic carbocycles. The van der Waals surface area contributed by atoms with Crippen molar-refractivity contribution in [2.75, 3.05) is 32.7 Å². The van der Waals surface area contributed by atoms with Crippen LogP contribution in [0.25, 0.3) is 26.4 Å². The monoisotopic (exact) mass is 545 g/mol. The molecule has 0 unspecified atom stereocenters. The molecular formula is C31H36FN5OS. The molecule has 2 aromatic heterocycles. The molecule has 0 spiro atoms. The normalized spacial score (nSPS) is 20.8. The highest BCUT2D eigenvalue weighted by atomic mass is 32.1. The third-order valence-corrected chi connectivity index (χ3v) is 9.66. The highest BCUT2D eigenvalue weighted by Crippen LogP contribution is 2.46. The summed E-state index contributed by atoms with van der Waals surface area (Å²) in [5.41, 5.74) is 6.92. The third kappa shape index (κ3) is 5.22. The number of carbonyl (C=O) groups excluding carboxylic acids is 1. The summed E-state index contributed by atoms with van der Waals surface area (Å²) in [4.78, 5) is 21.1. The number of thiazole rings is 1. The summed E-state index contributed by atoms with van der Waals surface area (Å²) in [6.07, 6.45) is 8.65. The lowest BCUT2D eigenvalue weighted by Gasteiger charge is -2.28. The molecule has 2 N–H and O–H groups in total. The van der Waals surface area contributed by atoms with Gasteiger partial charge in [-0.15, -0.1) is 0 Å². The maximum Gasteiger partial charge on any atom is 0.251 e. The zero-order valence-electron chi connectivity index (χ0n) is 22.3. The van der Waals surface area contributed by atoms with E-state index in [2.05, 4.69) is 44.3 Å². The number of nitrogens with zero attached hydrogens (tertiary/aromatic N) is 3. The number of nitrogens with one attached hydrogen (secondary N) is 2. The molecule has 2 saturated heterocycles. The number of alkyl halides is 1. The molecule has 1 atom stereocenters. The van der Waals surface area contributed by atoms with Crippen LogP contribution in [-0.2, 0) is 0 Å². The van der Waals surface area contributed by atoms with Crippen molar-refractivity contribution in [2.45, 2.75) is 63.1 Å². The molecule has 1 amide bonds. The second-order valence-electron chi connectivity index (χ2n) is 11.5. The number of amides is 1. The van der Waals surface area contributed by atoms with Gasteiger partial charge in [-0.25, -0.2) is 9.37 Å². The van der Waals surface area contributed by atoms with Crippen molar-refractivity contribution in [1.29, 1.82) is 0 Å². The summed E-state index contributed by atoms with van der Waals surface area (Å²) < 4.78 is 16.5. The standard InChI is InChI=1S/C31H36FN5OS/c32-23-10-15-36(16-11-23)14-2-13-34-30(38)22-7-9-28-29(18-22)39-31-35-27(19-37(28)31)24-8-6-21(26-3-1-12-33-26)17-25(24)20-4-5-20/h6-9,17-20,23,26,33H,1-5,10-16H2,(H,34,38)/t26-/m0/s1. The van der Waals surface area contributed by atoms with Gasteiger partial charge in [0, 0.05) is 43.0 Å². The molecule has 204 valence electrons. The van der Waals surface area contributed by atoms with Gasteiger partial charge in [-0.05, 0) is 93.3 Å². The van der Waals surface area contributed by atoms with Crippen LogP contribution < -0.4 is 10.6 Å². The van der Waals surface area contributed by atoms with Crippen molar-refractivity contribution in [1.82, 2.24) is 24.9 Å². The van der Waals surface area contributed by atoms with Gasteiger partial charge in [0.25, 0.3) is 5.91 Å². The first kappa shape index (κ1) is 25.2. The molecule has 0 bridgehead atoms. The van der Waals surface area contributed by atoms with Crippen LogP contribution in [0.5, 0.6) is 0 Å². The molecular weight excluding hydrogens is 509 g/mol.